The number of aromatic hydroxyl groups is 1. The number of piperidine rings is 1. The topological polar surface area (TPSA) is 26.7 Å². The van der Waals surface area contributed by atoms with Crippen LogP contribution in [0, 0.1) is 0 Å². The first-order valence-electron chi connectivity index (χ1n) is 7.24. The molecule has 0 spiro atoms. The molecule has 0 radical (unpaired) electrons. The van der Waals surface area contributed by atoms with E-state index in [0.29, 0.717) is 17.8 Å². The molecule has 1 fully saturated rings. The third-order valence-electron chi connectivity index (χ3n) is 4.43. The maximum absolute atomic E-state index is 9.31. The molecule has 3 heteroatoms. The fourth-order valence-corrected chi connectivity index (χ4v) is 2.88. The molecule has 0 saturated carbocycles. The van der Waals surface area contributed by atoms with Gasteiger partial charge in [0, 0.05) is 12.1 Å². The Bertz CT molecular complexity index is 382. The lowest BCUT2D eigenvalue weighted by molar-refractivity contribution is 0.113. The zero-order valence-electron chi connectivity index (χ0n) is 12.3. The molecule has 0 amide bonds. The number of benzene rings is 1. The Morgan fingerprint density at radius 2 is 1.84 bits per heavy atom. The monoisotopic (exact) mass is 262 g/mol. The molecule has 1 aliphatic heterocycles. The smallest absolute Gasteiger partial charge is 0.115 e. The summed E-state index contributed by atoms with van der Waals surface area (Å²) < 4.78 is 0. The van der Waals surface area contributed by atoms with E-state index in [1.807, 2.05) is 12.1 Å². The van der Waals surface area contributed by atoms with E-state index in [9.17, 15) is 5.11 Å². The van der Waals surface area contributed by atoms with Gasteiger partial charge in [-0.15, -0.1) is 0 Å². The van der Waals surface area contributed by atoms with E-state index in [-0.39, 0.29) is 0 Å². The standard InChI is InChI=1S/C16H26N2O/c1-13(12-14-4-6-16(19)7-5-14)18(3)15-8-10-17(2)11-9-15/h4-7,13,15,19H,8-12H2,1-3H3. The van der Waals surface area contributed by atoms with Crippen molar-refractivity contribution in [3.8, 4) is 5.75 Å². The minimum atomic E-state index is 0.347. The van der Waals surface area contributed by atoms with E-state index >= 15 is 0 Å². The highest BCUT2D eigenvalue weighted by Crippen LogP contribution is 2.19. The summed E-state index contributed by atoms with van der Waals surface area (Å²) in [4.78, 5) is 4.94. The van der Waals surface area contributed by atoms with Gasteiger partial charge in [0.2, 0.25) is 0 Å². The van der Waals surface area contributed by atoms with Crippen LogP contribution in [0.4, 0.5) is 0 Å². The fourth-order valence-electron chi connectivity index (χ4n) is 2.88. The number of hydrogen-bond donors (Lipinski definition) is 1. The van der Waals surface area contributed by atoms with Crippen molar-refractivity contribution in [1.29, 1.82) is 0 Å². The van der Waals surface area contributed by atoms with Crippen molar-refractivity contribution < 1.29 is 5.11 Å². The van der Waals surface area contributed by atoms with E-state index in [0.717, 1.165) is 6.42 Å². The van der Waals surface area contributed by atoms with Gasteiger partial charge in [0.25, 0.3) is 0 Å². The molecule has 1 heterocycles. The Kier molecular flexibility index (Phi) is 4.83. The summed E-state index contributed by atoms with van der Waals surface area (Å²) in [5.74, 6) is 0.347. The second-order valence-electron chi connectivity index (χ2n) is 5.92. The molecular weight excluding hydrogens is 236 g/mol. The molecule has 1 aliphatic rings. The van der Waals surface area contributed by atoms with Gasteiger partial charge in [0.15, 0.2) is 0 Å². The maximum atomic E-state index is 9.31. The first-order chi connectivity index (χ1) is 9.06. The number of phenols is 1. The molecule has 1 N–H and O–H groups in total. The molecule has 0 bridgehead atoms. The molecule has 1 aromatic rings. The zero-order chi connectivity index (χ0) is 13.8. The van der Waals surface area contributed by atoms with Gasteiger partial charge in [0.1, 0.15) is 5.75 Å². The molecule has 1 atom stereocenters. The lowest BCUT2D eigenvalue weighted by Crippen LogP contribution is -2.46. The number of likely N-dealkylation sites (tertiary alicyclic amines) is 1. The lowest BCUT2D eigenvalue weighted by atomic mass is 9.99. The largest absolute Gasteiger partial charge is 0.508 e. The number of likely N-dealkylation sites (N-methyl/N-ethyl adjacent to an activating group) is 1. The van der Waals surface area contributed by atoms with Crippen LogP contribution >= 0.6 is 0 Å². The van der Waals surface area contributed by atoms with Crippen molar-refractivity contribution in [1.82, 2.24) is 9.80 Å². The Hall–Kier alpha value is -1.06. The van der Waals surface area contributed by atoms with Crippen LogP contribution in [-0.2, 0) is 6.42 Å². The van der Waals surface area contributed by atoms with E-state index in [2.05, 4.69) is 30.8 Å². The van der Waals surface area contributed by atoms with Gasteiger partial charge in [-0.25, -0.2) is 0 Å². The number of hydrogen-bond acceptors (Lipinski definition) is 3. The fraction of sp³-hybridized carbons (Fsp3) is 0.625. The number of nitrogens with zero attached hydrogens (tertiary/aromatic N) is 2. The van der Waals surface area contributed by atoms with Crippen molar-refractivity contribution in [2.45, 2.75) is 38.3 Å². The molecule has 19 heavy (non-hydrogen) atoms. The Morgan fingerprint density at radius 1 is 1.26 bits per heavy atom. The van der Waals surface area contributed by atoms with Crippen LogP contribution in [0.2, 0.25) is 0 Å². The molecule has 0 aliphatic carbocycles. The van der Waals surface area contributed by atoms with Gasteiger partial charge in [-0.3, -0.25) is 0 Å². The van der Waals surface area contributed by atoms with E-state index < -0.39 is 0 Å². The van der Waals surface area contributed by atoms with Gasteiger partial charge >= 0.3 is 0 Å². The first-order valence-corrected chi connectivity index (χ1v) is 7.24. The number of rotatable bonds is 4. The molecule has 1 saturated heterocycles. The SMILES string of the molecule is CC(Cc1ccc(O)cc1)N(C)C1CCN(C)CC1. The van der Waals surface area contributed by atoms with Crippen molar-refractivity contribution in [2.75, 3.05) is 27.2 Å². The van der Waals surface area contributed by atoms with Gasteiger partial charge in [-0.2, -0.15) is 0 Å². The predicted molar refractivity (Wildman–Crippen MR) is 79.6 cm³/mol. The van der Waals surface area contributed by atoms with E-state index in [1.165, 1.54) is 31.5 Å². The van der Waals surface area contributed by atoms with Crippen LogP contribution in [0.3, 0.4) is 0 Å². The van der Waals surface area contributed by atoms with Gasteiger partial charge in [-0.1, -0.05) is 12.1 Å². The lowest BCUT2D eigenvalue weighted by Gasteiger charge is -2.38. The summed E-state index contributed by atoms with van der Waals surface area (Å²) in [6.07, 6.45) is 3.59. The zero-order valence-corrected chi connectivity index (χ0v) is 12.3. The van der Waals surface area contributed by atoms with Crippen LogP contribution < -0.4 is 0 Å². The Balaban J connectivity index is 1.88. The summed E-state index contributed by atoms with van der Waals surface area (Å²) in [6.45, 7) is 4.72. The van der Waals surface area contributed by atoms with Gasteiger partial charge < -0.3 is 14.9 Å². The Labute approximate surface area is 116 Å². The van der Waals surface area contributed by atoms with Crippen molar-refractivity contribution >= 4 is 0 Å². The van der Waals surface area contributed by atoms with Crippen molar-refractivity contribution in [3.05, 3.63) is 29.8 Å². The van der Waals surface area contributed by atoms with Crippen LogP contribution in [0.25, 0.3) is 0 Å². The van der Waals surface area contributed by atoms with Crippen LogP contribution in [0.15, 0.2) is 24.3 Å². The van der Waals surface area contributed by atoms with E-state index in [1.54, 1.807) is 12.1 Å². The van der Waals surface area contributed by atoms with Gasteiger partial charge in [-0.05, 0) is 71.1 Å². The Morgan fingerprint density at radius 3 is 2.42 bits per heavy atom. The average molecular weight is 262 g/mol. The van der Waals surface area contributed by atoms with Crippen molar-refractivity contribution in [2.24, 2.45) is 0 Å². The highest BCUT2D eigenvalue weighted by molar-refractivity contribution is 5.26. The summed E-state index contributed by atoms with van der Waals surface area (Å²) in [6, 6.07) is 8.85. The third-order valence-corrected chi connectivity index (χ3v) is 4.43. The molecule has 1 aromatic carbocycles. The van der Waals surface area contributed by atoms with Crippen LogP contribution in [-0.4, -0.2) is 54.2 Å². The minimum absolute atomic E-state index is 0.347. The van der Waals surface area contributed by atoms with Gasteiger partial charge in [0.05, 0.1) is 0 Å². The predicted octanol–water partition coefficient (Wildman–Crippen LogP) is 2.35. The minimum Gasteiger partial charge on any atom is -0.508 e. The molecule has 0 aromatic heterocycles. The summed E-state index contributed by atoms with van der Waals surface area (Å²) in [5, 5.41) is 9.31. The highest BCUT2D eigenvalue weighted by atomic mass is 16.3. The maximum Gasteiger partial charge on any atom is 0.115 e. The molecular formula is C16H26N2O. The van der Waals surface area contributed by atoms with E-state index in [4.69, 9.17) is 0 Å². The quantitative estimate of drug-likeness (QED) is 0.902. The summed E-state index contributed by atoms with van der Waals surface area (Å²) in [7, 11) is 4.46. The normalized spacial score (nSPS) is 19.8. The molecule has 106 valence electrons. The van der Waals surface area contributed by atoms with Crippen LogP contribution in [0.5, 0.6) is 5.75 Å². The second-order valence-corrected chi connectivity index (χ2v) is 5.92. The summed E-state index contributed by atoms with van der Waals surface area (Å²) >= 11 is 0. The molecule has 2 rings (SSSR count). The highest BCUT2D eigenvalue weighted by Gasteiger charge is 2.23. The molecule has 1 unspecified atom stereocenters. The number of phenolic OH excluding ortho intramolecular Hbond substituents is 1. The third kappa shape index (κ3) is 3.95. The molecule has 3 nitrogen and oxygen atoms in total. The van der Waals surface area contributed by atoms with Crippen LogP contribution in [0.1, 0.15) is 25.3 Å². The van der Waals surface area contributed by atoms with Crippen molar-refractivity contribution in [3.63, 3.8) is 0 Å². The summed E-state index contributed by atoms with van der Waals surface area (Å²) in [5.41, 5.74) is 1.30. The first kappa shape index (κ1) is 14.4. The average Bonchev–Trinajstić information content (AvgIpc) is 2.41. The second kappa shape index (κ2) is 6.40.